The van der Waals surface area contributed by atoms with Gasteiger partial charge in [0.15, 0.2) is 0 Å². The monoisotopic (exact) mass is 358 g/mol. The van der Waals surface area contributed by atoms with Crippen LogP contribution in [0.2, 0.25) is 0 Å². The molecule has 0 aliphatic heterocycles. The number of rotatable bonds is 6. The maximum Gasteiger partial charge on any atom is 0.132 e. The molecule has 0 radical (unpaired) electrons. The van der Waals surface area contributed by atoms with Crippen LogP contribution in [0, 0.1) is 0 Å². The predicted octanol–water partition coefficient (Wildman–Crippen LogP) is 5.29. The molecule has 0 amide bonds. The van der Waals surface area contributed by atoms with Crippen molar-refractivity contribution in [2.45, 2.75) is 26.6 Å². The maximum atomic E-state index is 5.63. The molecule has 0 atom stereocenters. The van der Waals surface area contributed by atoms with Crippen LogP contribution >= 0.6 is 0 Å². The Morgan fingerprint density at radius 1 is 1.07 bits per heavy atom. The fourth-order valence-corrected chi connectivity index (χ4v) is 2.87. The number of pyridine rings is 2. The van der Waals surface area contributed by atoms with Crippen molar-refractivity contribution in [1.29, 1.82) is 0 Å². The lowest BCUT2D eigenvalue weighted by Gasteiger charge is -2.09. The summed E-state index contributed by atoms with van der Waals surface area (Å²) in [4.78, 5) is 12.1. The molecule has 136 valence electrons. The molecule has 0 aliphatic rings. The Balaban J connectivity index is 1.51. The minimum absolute atomic E-state index is 0.232. The Bertz CT molecular complexity index is 1020. The summed E-state index contributed by atoms with van der Waals surface area (Å²) in [5.41, 5.74) is 5.28. The van der Waals surface area contributed by atoms with Crippen LogP contribution in [0.3, 0.4) is 0 Å². The number of nitrogens with one attached hydrogen (secondary N) is 2. The summed E-state index contributed by atoms with van der Waals surface area (Å²) in [7, 11) is 0. The van der Waals surface area contributed by atoms with Gasteiger partial charge in [-0.25, -0.2) is 4.98 Å². The Hall–Kier alpha value is -3.18. The van der Waals surface area contributed by atoms with E-state index >= 15 is 0 Å². The Morgan fingerprint density at radius 2 is 1.93 bits per heavy atom. The molecule has 0 bridgehead atoms. The molecule has 0 saturated heterocycles. The third-order valence-electron chi connectivity index (χ3n) is 4.29. The average molecular weight is 358 g/mol. The lowest BCUT2D eigenvalue weighted by molar-refractivity contribution is 0.0657. The van der Waals surface area contributed by atoms with Gasteiger partial charge in [0, 0.05) is 47.0 Å². The smallest absolute Gasteiger partial charge is 0.132 e. The number of H-pyrrole nitrogens is 1. The zero-order valence-corrected chi connectivity index (χ0v) is 15.4. The molecule has 0 spiro atoms. The Morgan fingerprint density at radius 3 is 2.67 bits per heavy atom. The van der Waals surface area contributed by atoms with Crippen LogP contribution in [0.25, 0.3) is 22.2 Å². The van der Waals surface area contributed by atoms with Gasteiger partial charge in [-0.05, 0) is 49.7 Å². The molecule has 0 unspecified atom stereocenters. The number of benzene rings is 1. The standard InChI is InChI=1S/C22H22N4O/c1-15(2)27-14-16-5-7-19(8-6-16)25-22-11-21-18(13-24-22)10-20(26-21)17-4-3-9-23-12-17/h3-13,15,26H,14H2,1-2H3,(H,24,25). The molecule has 3 heterocycles. The first kappa shape index (κ1) is 17.2. The summed E-state index contributed by atoms with van der Waals surface area (Å²) in [6, 6.07) is 16.3. The van der Waals surface area contributed by atoms with Crippen molar-refractivity contribution in [2.24, 2.45) is 0 Å². The largest absolute Gasteiger partial charge is 0.374 e. The maximum absolute atomic E-state index is 5.63. The first-order chi connectivity index (χ1) is 13.2. The van der Waals surface area contributed by atoms with Gasteiger partial charge in [0.2, 0.25) is 0 Å². The number of anilines is 2. The van der Waals surface area contributed by atoms with E-state index in [0.717, 1.165) is 39.2 Å². The highest BCUT2D eigenvalue weighted by Crippen LogP contribution is 2.25. The molecule has 5 nitrogen and oxygen atoms in total. The van der Waals surface area contributed by atoms with E-state index in [1.165, 1.54) is 0 Å². The van der Waals surface area contributed by atoms with Crippen molar-refractivity contribution in [3.05, 3.63) is 72.7 Å². The fourth-order valence-electron chi connectivity index (χ4n) is 2.87. The molecule has 4 aromatic rings. The van der Waals surface area contributed by atoms with E-state index in [-0.39, 0.29) is 6.10 Å². The van der Waals surface area contributed by atoms with Gasteiger partial charge < -0.3 is 15.0 Å². The quantitative estimate of drug-likeness (QED) is 0.491. The summed E-state index contributed by atoms with van der Waals surface area (Å²) >= 11 is 0. The van der Waals surface area contributed by atoms with Crippen molar-refractivity contribution in [3.63, 3.8) is 0 Å². The summed E-state index contributed by atoms with van der Waals surface area (Å²) in [5.74, 6) is 0.799. The van der Waals surface area contributed by atoms with Crippen LogP contribution in [0.15, 0.2) is 67.1 Å². The van der Waals surface area contributed by atoms with Gasteiger partial charge in [0.05, 0.1) is 18.2 Å². The van der Waals surface area contributed by atoms with Crippen LogP contribution in [0.4, 0.5) is 11.5 Å². The van der Waals surface area contributed by atoms with E-state index in [0.29, 0.717) is 6.61 Å². The number of aromatic nitrogens is 3. The lowest BCUT2D eigenvalue weighted by Crippen LogP contribution is -2.02. The van der Waals surface area contributed by atoms with Crippen LogP contribution in [0.5, 0.6) is 0 Å². The number of fused-ring (bicyclic) bond motifs is 1. The van der Waals surface area contributed by atoms with E-state index in [4.69, 9.17) is 4.74 Å². The van der Waals surface area contributed by atoms with Crippen LogP contribution in [-0.2, 0) is 11.3 Å². The summed E-state index contributed by atoms with van der Waals surface area (Å²) in [6.45, 7) is 4.71. The molecule has 27 heavy (non-hydrogen) atoms. The molecule has 0 aliphatic carbocycles. The predicted molar refractivity (Wildman–Crippen MR) is 109 cm³/mol. The van der Waals surface area contributed by atoms with Crippen molar-refractivity contribution in [2.75, 3.05) is 5.32 Å². The van der Waals surface area contributed by atoms with E-state index < -0.39 is 0 Å². The third kappa shape index (κ3) is 4.15. The van der Waals surface area contributed by atoms with E-state index in [2.05, 4.69) is 38.5 Å². The Labute approximate surface area is 158 Å². The number of hydrogen-bond donors (Lipinski definition) is 2. The first-order valence-electron chi connectivity index (χ1n) is 9.04. The summed E-state index contributed by atoms with van der Waals surface area (Å²) < 4.78 is 5.63. The molecule has 1 aromatic carbocycles. The molecule has 2 N–H and O–H groups in total. The summed E-state index contributed by atoms with van der Waals surface area (Å²) in [5, 5.41) is 4.42. The van der Waals surface area contributed by atoms with E-state index in [9.17, 15) is 0 Å². The van der Waals surface area contributed by atoms with Crippen molar-refractivity contribution >= 4 is 22.4 Å². The van der Waals surface area contributed by atoms with E-state index in [1.807, 2.05) is 56.6 Å². The van der Waals surface area contributed by atoms with Crippen molar-refractivity contribution < 1.29 is 4.74 Å². The van der Waals surface area contributed by atoms with Crippen LogP contribution < -0.4 is 5.32 Å². The Kier molecular flexibility index (Phi) is 4.85. The van der Waals surface area contributed by atoms with Crippen LogP contribution in [0.1, 0.15) is 19.4 Å². The van der Waals surface area contributed by atoms with Gasteiger partial charge in [0.25, 0.3) is 0 Å². The topological polar surface area (TPSA) is 62.8 Å². The highest BCUT2D eigenvalue weighted by atomic mass is 16.5. The minimum atomic E-state index is 0.232. The van der Waals surface area contributed by atoms with Gasteiger partial charge in [-0.1, -0.05) is 12.1 Å². The third-order valence-corrected chi connectivity index (χ3v) is 4.29. The number of hydrogen-bond acceptors (Lipinski definition) is 4. The minimum Gasteiger partial charge on any atom is -0.374 e. The van der Waals surface area contributed by atoms with Gasteiger partial charge in [-0.2, -0.15) is 0 Å². The normalized spacial score (nSPS) is 11.2. The highest BCUT2D eigenvalue weighted by Gasteiger charge is 2.06. The van der Waals surface area contributed by atoms with Gasteiger partial charge in [0.1, 0.15) is 5.82 Å². The SMILES string of the molecule is CC(C)OCc1ccc(Nc2cc3[nH]c(-c4cccnc4)cc3cn2)cc1. The number of aromatic amines is 1. The van der Waals surface area contributed by atoms with Crippen molar-refractivity contribution in [1.82, 2.24) is 15.0 Å². The second-order valence-corrected chi connectivity index (χ2v) is 6.76. The van der Waals surface area contributed by atoms with Crippen molar-refractivity contribution in [3.8, 4) is 11.3 Å². The zero-order chi connectivity index (χ0) is 18.6. The lowest BCUT2D eigenvalue weighted by atomic mass is 10.2. The number of ether oxygens (including phenoxy) is 1. The second kappa shape index (κ2) is 7.60. The van der Waals surface area contributed by atoms with E-state index in [1.54, 1.807) is 6.20 Å². The second-order valence-electron chi connectivity index (χ2n) is 6.76. The molecular formula is C22H22N4O. The molecule has 4 rings (SSSR count). The average Bonchev–Trinajstić information content (AvgIpc) is 3.11. The van der Waals surface area contributed by atoms with Gasteiger partial charge >= 0.3 is 0 Å². The zero-order valence-electron chi connectivity index (χ0n) is 15.4. The highest BCUT2D eigenvalue weighted by molar-refractivity contribution is 5.87. The molecule has 0 saturated carbocycles. The molecule has 0 fully saturated rings. The molecule has 5 heteroatoms. The van der Waals surface area contributed by atoms with Crippen LogP contribution in [-0.4, -0.2) is 21.1 Å². The molecular weight excluding hydrogens is 336 g/mol. The summed E-state index contributed by atoms with van der Waals surface area (Å²) in [6.07, 6.45) is 5.73. The molecule has 3 aromatic heterocycles. The first-order valence-corrected chi connectivity index (χ1v) is 9.04. The fraction of sp³-hybridized carbons (Fsp3) is 0.182. The van der Waals surface area contributed by atoms with Gasteiger partial charge in [-0.15, -0.1) is 0 Å². The van der Waals surface area contributed by atoms with Gasteiger partial charge in [-0.3, -0.25) is 4.98 Å². The number of nitrogens with zero attached hydrogens (tertiary/aromatic N) is 2.